The van der Waals surface area contributed by atoms with Crippen LogP contribution in [0.3, 0.4) is 0 Å². The quantitative estimate of drug-likeness (QED) is 0.536. The molecule has 1 fully saturated rings. The molecule has 2 aromatic rings. The number of hydrogen-bond acceptors (Lipinski definition) is 6. The van der Waals surface area contributed by atoms with Gasteiger partial charge in [0.25, 0.3) is 0 Å². The highest BCUT2D eigenvalue weighted by Crippen LogP contribution is 2.38. The van der Waals surface area contributed by atoms with Gasteiger partial charge in [-0.05, 0) is 29.8 Å². The number of carbonyl (C=O) groups is 1. The van der Waals surface area contributed by atoms with Crippen LogP contribution in [-0.2, 0) is 27.3 Å². The van der Waals surface area contributed by atoms with E-state index in [1.54, 1.807) is 56.6 Å². The van der Waals surface area contributed by atoms with E-state index in [1.165, 1.54) is 0 Å². The number of amides is 1. The molecule has 0 N–H and O–H groups in total. The summed E-state index contributed by atoms with van der Waals surface area (Å²) in [5.41, 5.74) is 1.51. The van der Waals surface area contributed by atoms with Crippen molar-refractivity contribution in [2.45, 2.75) is 19.1 Å². The highest BCUT2D eigenvalue weighted by atomic mass is 35.5. The molecule has 32 heavy (non-hydrogen) atoms. The molecule has 1 heterocycles. The van der Waals surface area contributed by atoms with Gasteiger partial charge in [-0.15, -0.1) is 0 Å². The van der Waals surface area contributed by atoms with Gasteiger partial charge >= 0.3 is 0 Å². The van der Waals surface area contributed by atoms with E-state index >= 15 is 0 Å². The molecule has 1 aliphatic heterocycles. The van der Waals surface area contributed by atoms with Gasteiger partial charge in [-0.3, -0.25) is 4.79 Å². The Balaban J connectivity index is 1.57. The summed E-state index contributed by atoms with van der Waals surface area (Å²) < 4.78 is 27.6. The normalized spacial score (nSPS) is 16.0. The third-order valence-corrected chi connectivity index (χ3v) is 5.89. The van der Waals surface area contributed by atoms with Crippen LogP contribution >= 0.6 is 23.2 Å². The molecule has 0 saturated carbocycles. The number of morpholine rings is 1. The predicted octanol–water partition coefficient (Wildman–Crippen LogP) is 4.01. The molecule has 2 aromatic carbocycles. The molecule has 7 nitrogen and oxygen atoms in total. The summed E-state index contributed by atoms with van der Waals surface area (Å²) in [6, 6.07) is 8.90. The predicted molar refractivity (Wildman–Crippen MR) is 122 cm³/mol. The van der Waals surface area contributed by atoms with Gasteiger partial charge in [0.05, 0.1) is 53.7 Å². The molecule has 0 spiro atoms. The topological polar surface area (TPSA) is 66.5 Å². The number of rotatable bonds is 9. The monoisotopic (exact) mass is 483 g/mol. The number of hydrogen-bond donors (Lipinski definition) is 0. The second-order valence-corrected chi connectivity index (χ2v) is 8.07. The largest absolute Gasteiger partial charge is 0.493 e. The van der Waals surface area contributed by atoms with Crippen molar-refractivity contribution in [1.82, 2.24) is 4.90 Å². The summed E-state index contributed by atoms with van der Waals surface area (Å²) in [5.74, 6) is 1.51. The minimum Gasteiger partial charge on any atom is -0.493 e. The van der Waals surface area contributed by atoms with Crippen LogP contribution in [0.1, 0.15) is 11.1 Å². The molecule has 174 valence electrons. The molecular weight excluding hydrogens is 457 g/mol. The second-order valence-electron chi connectivity index (χ2n) is 7.26. The van der Waals surface area contributed by atoms with Crippen molar-refractivity contribution in [2.24, 2.45) is 0 Å². The van der Waals surface area contributed by atoms with Crippen molar-refractivity contribution in [2.75, 3.05) is 47.6 Å². The maximum atomic E-state index is 12.9. The lowest BCUT2D eigenvalue weighted by molar-refractivity contribution is -0.140. The molecule has 0 radical (unpaired) electrons. The van der Waals surface area contributed by atoms with Gasteiger partial charge in [-0.2, -0.15) is 0 Å². The van der Waals surface area contributed by atoms with Gasteiger partial charge in [0.1, 0.15) is 0 Å². The SMILES string of the molecule is COc1cc(CC(=O)N2CCO[C@@H](COCc3c(Cl)cccc3Cl)C2)cc(OC)c1OC. The fraction of sp³-hybridized carbons (Fsp3) is 0.435. The van der Waals surface area contributed by atoms with Crippen molar-refractivity contribution in [1.29, 1.82) is 0 Å². The molecule has 1 aliphatic rings. The van der Waals surface area contributed by atoms with E-state index in [0.29, 0.717) is 53.6 Å². The van der Waals surface area contributed by atoms with Crippen LogP contribution in [0, 0.1) is 0 Å². The fourth-order valence-electron chi connectivity index (χ4n) is 3.53. The van der Waals surface area contributed by atoms with Crippen LogP contribution in [0.5, 0.6) is 17.2 Å². The Bertz CT molecular complexity index is 893. The van der Waals surface area contributed by atoms with Crippen molar-refractivity contribution in [3.8, 4) is 17.2 Å². The van der Waals surface area contributed by atoms with Crippen molar-refractivity contribution >= 4 is 29.1 Å². The van der Waals surface area contributed by atoms with Crippen LogP contribution < -0.4 is 14.2 Å². The Morgan fingerprint density at radius 3 is 2.34 bits per heavy atom. The van der Waals surface area contributed by atoms with Crippen LogP contribution in [0.25, 0.3) is 0 Å². The second kappa shape index (κ2) is 11.6. The Labute approximate surface area is 198 Å². The van der Waals surface area contributed by atoms with E-state index in [2.05, 4.69) is 0 Å². The molecule has 0 bridgehead atoms. The molecule has 3 rings (SSSR count). The first kappa shape index (κ1) is 24.5. The molecule has 1 saturated heterocycles. The summed E-state index contributed by atoms with van der Waals surface area (Å²) in [6.07, 6.45) is -0.0200. The van der Waals surface area contributed by atoms with Crippen LogP contribution in [0.2, 0.25) is 10.0 Å². The number of methoxy groups -OCH3 is 3. The lowest BCUT2D eigenvalue weighted by Gasteiger charge is -2.33. The number of halogens is 2. The molecular formula is C23H27Cl2NO6. The van der Waals surface area contributed by atoms with Gasteiger partial charge in [-0.1, -0.05) is 29.3 Å². The minimum atomic E-state index is -0.228. The number of carbonyl (C=O) groups excluding carboxylic acids is 1. The molecule has 0 unspecified atom stereocenters. The average Bonchev–Trinajstić information content (AvgIpc) is 2.80. The van der Waals surface area contributed by atoms with Gasteiger partial charge in [0.2, 0.25) is 11.7 Å². The van der Waals surface area contributed by atoms with Crippen LogP contribution in [0.15, 0.2) is 30.3 Å². The molecule has 0 aromatic heterocycles. The van der Waals surface area contributed by atoms with E-state index in [4.69, 9.17) is 46.9 Å². The molecule has 1 atom stereocenters. The lowest BCUT2D eigenvalue weighted by Crippen LogP contribution is -2.47. The fourth-order valence-corrected chi connectivity index (χ4v) is 4.04. The minimum absolute atomic E-state index is 0.0123. The summed E-state index contributed by atoms with van der Waals surface area (Å²) >= 11 is 12.4. The third kappa shape index (κ3) is 5.98. The zero-order valence-corrected chi connectivity index (χ0v) is 19.9. The maximum Gasteiger partial charge on any atom is 0.227 e. The Morgan fingerprint density at radius 1 is 1.09 bits per heavy atom. The smallest absolute Gasteiger partial charge is 0.227 e. The van der Waals surface area contributed by atoms with Gasteiger partial charge < -0.3 is 28.6 Å². The average molecular weight is 484 g/mol. The van der Waals surface area contributed by atoms with Crippen molar-refractivity contribution in [3.63, 3.8) is 0 Å². The van der Waals surface area contributed by atoms with Crippen molar-refractivity contribution in [3.05, 3.63) is 51.5 Å². The summed E-state index contributed by atoms with van der Waals surface area (Å²) in [4.78, 5) is 14.7. The Hall–Kier alpha value is -2.19. The number of ether oxygens (including phenoxy) is 5. The van der Waals surface area contributed by atoms with E-state index < -0.39 is 0 Å². The molecule has 9 heteroatoms. The molecule has 1 amide bonds. The number of nitrogens with zero attached hydrogens (tertiary/aromatic N) is 1. The highest BCUT2D eigenvalue weighted by Gasteiger charge is 2.25. The molecule has 0 aliphatic carbocycles. The maximum absolute atomic E-state index is 12.9. The highest BCUT2D eigenvalue weighted by molar-refractivity contribution is 6.35. The first-order valence-corrected chi connectivity index (χ1v) is 10.9. The Kier molecular flexibility index (Phi) is 8.87. The lowest BCUT2D eigenvalue weighted by atomic mass is 10.1. The summed E-state index contributed by atoms with van der Waals surface area (Å²) in [6.45, 7) is 2.02. The van der Waals surface area contributed by atoms with Gasteiger partial charge in [0, 0.05) is 28.7 Å². The Morgan fingerprint density at radius 2 is 1.75 bits per heavy atom. The van der Waals surface area contributed by atoms with Crippen LogP contribution in [-0.4, -0.2) is 64.5 Å². The first-order chi connectivity index (χ1) is 15.5. The first-order valence-electron chi connectivity index (χ1n) is 10.2. The number of benzene rings is 2. The zero-order chi connectivity index (χ0) is 23.1. The van der Waals surface area contributed by atoms with E-state index in [9.17, 15) is 4.79 Å². The standard InChI is InChI=1S/C23H27Cl2NO6/c1-28-20-9-15(10-21(29-2)23(20)30-3)11-22(27)26-7-8-32-16(12-26)13-31-14-17-18(24)5-4-6-19(17)25/h4-6,9-10,16H,7-8,11-14H2,1-3H3/t16-/m1/s1. The van der Waals surface area contributed by atoms with Gasteiger partial charge in [-0.25, -0.2) is 0 Å². The van der Waals surface area contributed by atoms with E-state index in [1.807, 2.05) is 0 Å². The van der Waals surface area contributed by atoms with Gasteiger partial charge in [0.15, 0.2) is 11.5 Å². The summed E-state index contributed by atoms with van der Waals surface area (Å²) in [7, 11) is 4.64. The van der Waals surface area contributed by atoms with E-state index in [-0.39, 0.29) is 25.0 Å². The zero-order valence-electron chi connectivity index (χ0n) is 18.4. The summed E-state index contributed by atoms with van der Waals surface area (Å²) in [5, 5.41) is 1.12. The third-order valence-electron chi connectivity index (χ3n) is 5.18. The van der Waals surface area contributed by atoms with Crippen LogP contribution in [0.4, 0.5) is 0 Å². The van der Waals surface area contributed by atoms with E-state index in [0.717, 1.165) is 11.1 Å². The van der Waals surface area contributed by atoms with Crippen molar-refractivity contribution < 1.29 is 28.5 Å².